The Kier molecular flexibility index (Phi) is 6.23. The number of hydrogen-bond acceptors (Lipinski definition) is 3. The molecule has 0 aromatic rings. The van der Waals surface area contributed by atoms with Crippen molar-refractivity contribution < 1.29 is 9.53 Å². The van der Waals surface area contributed by atoms with Crippen LogP contribution in [0.2, 0.25) is 0 Å². The normalized spacial score (nSPS) is 16.7. The molecule has 0 radical (unpaired) electrons. The van der Waals surface area contributed by atoms with E-state index in [4.69, 9.17) is 4.74 Å². The predicted molar refractivity (Wildman–Crippen MR) is 76.7 cm³/mol. The third-order valence-electron chi connectivity index (χ3n) is 2.59. The summed E-state index contributed by atoms with van der Waals surface area (Å²) in [5, 5.41) is 0.325. The number of carbonyl (C=O) groups excluding carboxylic acids is 1. The van der Waals surface area contributed by atoms with E-state index in [0.717, 1.165) is 0 Å². The minimum Gasteiger partial charge on any atom is -0.380 e. The first-order chi connectivity index (χ1) is 7.47. The minimum atomic E-state index is -0.275. The number of carbonyl (C=O) groups is 1. The zero-order valence-electron chi connectivity index (χ0n) is 12.6. The van der Waals surface area contributed by atoms with Crippen LogP contribution in [0.4, 0.5) is 0 Å². The van der Waals surface area contributed by atoms with E-state index < -0.39 is 0 Å². The van der Waals surface area contributed by atoms with E-state index in [-0.39, 0.29) is 22.0 Å². The summed E-state index contributed by atoms with van der Waals surface area (Å²) in [6.07, 6.45) is 0.510. The van der Waals surface area contributed by atoms with E-state index in [1.807, 2.05) is 32.5 Å². The number of hydrogen-bond donors (Lipinski definition) is 0. The molecule has 0 aromatic heterocycles. The topological polar surface area (TPSA) is 26.3 Å². The van der Waals surface area contributed by atoms with Crippen molar-refractivity contribution in [2.75, 3.05) is 7.11 Å². The van der Waals surface area contributed by atoms with Gasteiger partial charge in [0.05, 0.1) is 6.10 Å². The fourth-order valence-corrected chi connectivity index (χ4v) is 3.04. The van der Waals surface area contributed by atoms with Crippen LogP contribution in [0.15, 0.2) is 0 Å². The van der Waals surface area contributed by atoms with Crippen LogP contribution in [0.5, 0.6) is 0 Å². The average molecular weight is 260 g/mol. The third kappa shape index (κ3) is 7.10. The van der Waals surface area contributed by atoms with Gasteiger partial charge in [0.15, 0.2) is 0 Å². The van der Waals surface area contributed by atoms with Crippen molar-refractivity contribution >= 4 is 17.5 Å². The van der Waals surface area contributed by atoms with Gasteiger partial charge in [0.1, 0.15) is 5.78 Å². The summed E-state index contributed by atoms with van der Waals surface area (Å²) in [4.78, 5) is 12.0. The lowest BCUT2D eigenvalue weighted by atomic mass is 9.87. The molecule has 0 spiro atoms. The maximum absolute atomic E-state index is 12.0. The van der Waals surface area contributed by atoms with Gasteiger partial charge in [-0.1, -0.05) is 48.5 Å². The van der Waals surface area contributed by atoms with Crippen LogP contribution in [0, 0.1) is 5.41 Å². The first kappa shape index (κ1) is 17.0. The highest BCUT2D eigenvalue weighted by atomic mass is 32.2. The lowest BCUT2D eigenvalue weighted by molar-refractivity contribution is -0.128. The van der Waals surface area contributed by atoms with Crippen LogP contribution in [0.3, 0.4) is 0 Å². The summed E-state index contributed by atoms with van der Waals surface area (Å²) in [7, 11) is 1.69. The summed E-state index contributed by atoms with van der Waals surface area (Å²) >= 11 is 1.86. The van der Waals surface area contributed by atoms with Gasteiger partial charge in [0, 0.05) is 28.9 Å². The Morgan fingerprint density at radius 1 is 1.18 bits per heavy atom. The highest BCUT2D eigenvalue weighted by Gasteiger charge is 2.29. The lowest BCUT2D eigenvalue weighted by Gasteiger charge is -2.29. The minimum absolute atomic E-state index is 0.00551. The number of ketones is 1. The van der Waals surface area contributed by atoms with E-state index in [1.165, 1.54) is 0 Å². The molecular weight excluding hydrogens is 232 g/mol. The van der Waals surface area contributed by atoms with Crippen LogP contribution in [0.1, 0.15) is 54.9 Å². The molecule has 3 heteroatoms. The van der Waals surface area contributed by atoms with Gasteiger partial charge in [-0.15, -0.1) is 0 Å². The quantitative estimate of drug-likeness (QED) is 0.749. The van der Waals surface area contributed by atoms with Crippen molar-refractivity contribution in [2.45, 2.75) is 71.0 Å². The molecule has 0 saturated carbocycles. The molecule has 0 amide bonds. The second kappa shape index (κ2) is 6.24. The first-order valence-electron chi connectivity index (χ1n) is 6.21. The molecular formula is C14H28O2S. The third-order valence-corrected chi connectivity index (χ3v) is 3.97. The van der Waals surface area contributed by atoms with Crippen LogP contribution in [0.25, 0.3) is 0 Å². The zero-order chi connectivity index (χ0) is 13.9. The fourth-order valence-electron chi connectivity index (χ4n) is 1.56. The summed E-state index contributed by atoms with van der Waals surface area (Å²) in [5.41, 5.74) is -0.275. The van der Waals surface area contributed by atoms with E-state index >= 15 is 0 Å². The molecule has 0 fully saturated rings. The van der Waals surface area contributed by atoms with E-state index in [1.54, 1.807) is 7.11 Å². The van der Waals surface area contributed by atoms with Gasteiger partial charge < -0.3 is 4.74 Å². The molecule has 102 valence electrons. The van der Waals surface area contributed by atoms with Crippen molar-refractivity contribution in [3.63, 3.8) is 0 Å². The second-order valence-electron chi connectivity index (χ2n) is 6.59. The highest BCUT2D eigenvalue weighted by Crippen LogP contribution is 2.32. The molecule has 0 aliphatic carbocycles. The van der Waals surface area contributed by atoms with Gasteiger partial charge in [-0.25, -0.2) is 0 Å². The van der Waals surface area contributed by atoms with Gasteiger partial charge in [0.25, 0.3) is 0 Å². The van der Waals surface area contributed by atoms with Crippen LogP contribution in [-0.4, -0.2) is 29.0 Å². The van der Waals surface area contributed by atoms with Crippen molar-refractivity contribution in [2.24, 2.45) is 5.41 Å². The van der Waals surface area contributed by atoms with Crippen molar-refractivity contribution in [3.8, 4) is 0 Å². The molecule has 0 aliphatic heterocycles. The van der Waals surface area contributed by atoms with Gasteiger partial charge in [0.2, 0.25) is 0 Å². The summed E-state index contributed by atoms with van der Waals surface area (Å²) in [5.74, 6) is 0.269. The highest BCUT2D eigenvalue weighted by molar-refractivity contribution is 8.01. The summed E-state index contributed by atoms with van der Waals surface area (Å²) in [6, 6.07) is 0. The summed E-state index contributed by atoms with van der Waals surface area (Å²) in [6.45, 7) is 14.6. The molecule has 0 aromatic carbocycles. The Bertz CT molecular complexity index is 248. The Morgan fingerprint density at radius 2 is 1.65 bits per heavy atom. The fraction of sp³-hybridized carbons (Fsp3) is 0.929. The first-order valence-corrected chi connectivity index (χ1v) is 7.09. The average Bonchev–Trinajstić information content (AvgIpc) is 2.08. The smallest absolute Gasteiger partial charge is 0.140 e. The Hall–Kier alpha value is -0.0200. The zero-order valence-corrected chi connectivity index (χ0v) is 13.4. The maximum atomic E-state index is 12.0. The molecule has 0 saturated heterocycles. The van der Waals surface area contributed by atoms with Gasteiger partial charge in [-0.05, 0) is 0 Å². The van der Waals surface area contributed by atoms with Crippen molar-refractivity contribution in [1.29, 1.82) is 0 Å². The predicted octanol–water partition coefficient (Wildman–Crippen LogP) is 3.93. The van der Waals surface area contributed by atoms with Crippen molar-refractivity contribution in [1.82, 2.24) is 0 Å². The SMILES string of the molecule is CO[C@H](CC(=O)C(C)(C)C)[C@H](C)SC(C)(C)C. The molecule has 0 heterocycles. The molecule has 0 bridgehead atoms. The number of methoxy groups -OCH3 is 1. The molecule has 2 atom stereocenters. The van der Waals surface area contributed by atoms with Crippen LogP contribution < -0.4 is 0 Å². The Morgan fingerprint density at radius 3 is 1.94 bits per heavy atom. The molecule has 0 rings (SSSR count). The van der Waals surface area contributed by atoms with Crippen LogP contribution >= 0.6 is 11.8 Å². The number of thioether (sulfide) groups is 1. The Balaban J connectivity index is 4.49. The van der Waals surface area contributed by atoms with Crippen LogP contribution in [-0.2, 0) is 9.53 Å². The van der Waals surface area contributed by atoms with E-state index in [0.29, 0.717) is 11.7 Å². The maximum Gasteiger partial charge on any atom is 0.140 e. The Labute approximate surface area is 111 Å². The molecule has 0 unspecified atom stereocenters. The monoisotopic (exact) mass is 260 g/mol. The molecule has 17 heavy (non-hydrogen) atoms. The number of ether oxygens (including phenoxy) is 1. The van der Waals surface area contributed by atoms with Gasteiger partial charge in [-0.2, -0.15) is 11.8 Å². The van der Waals surface area contributed by atoms with E-state index in [2.05, 4.69) is 27.7 Å². The molecule has 0 N–H and O–H groups in total. The lowest BCUT2D eigenvalue weighted by Crippen LogP contribution is -2.33. The number of Topliss-reactive ketones (excluding diaryl/α,β-unsaturated/α-hetero) is 1. The largest absolute Gasteiger partial charge is 0.380 e. The van der Waals surface area contributed by atoms with E-state index in [9.17, 15) is 4.79 Å². The standard InChI is InChI=1S/C14H28O2S/c1-10(17-14(5,6)7)11(16-8)9-12(15)13(2,3)4/h10-11H,9H2,1-8H3/t10-,11+/m0/s1. The van der Waals surface area contributed by atoms with Gasteiger partial charge >= 0.3 is 0 Å². The number of rotatable bonds is 5. The van der Waals surface area contributed by atoms with Crippen molar-refractivity contribution in [3.05, 3.63) is 0 Å². The molecule has 2 nitrogen and oxygen atoms in total. The van der Waals surface area contributed by atoms with Gasteiger partial charge in [-0.3, -0.25) is 4.79 Å². The summed E-state index contributed by atoms with van der Waals surface area (Å²) < 4.78 is 5.68. The second-order valence-corrected chi connectivity index (χ2v) is 8.79. The molecule has 0 aliphatic rings.